The van der Waals surface area contributed by atoms with E-state index in [0.29, 0.717) is 28.3 Å². The van der Waals surface area contributed by atoms with Gasteiger partial charge in [-0.15, -0.1) is 0 Å². The Kier molecular flexibility index (Phi) is 4.63. The molecule has 0 saturated heterocycles. The summed E-state index contributed by atoms with van der Waals surface area (Å²) in [4.78, 5) is 46.5. The number of nitrogens with one attached hydrogen (secondary N) is 1. The molecule has 0 saturated carbocycles. The molecule has 3 aliphatic heterocycles. The van der Waals surface area contributed by atoms with Crippen molar-refractivity contribution in [2.24, 2.45) is 0 Å². The maximum Gasteiger partial charge on any atom is 0.343 e. The van der Waals surface area contributed by atoms with Gasteiger partial charge in [-0.25, -0.2) is 14.6 Å². The lowest BCUT2D eigenvalue weighted by Crippen LogP contribution is -2.44. The number of carbonyl (C=O) groups excluding carboxylic acids is 2. The van der Waals surface area contributed by atoms with Crippen LogP contribution >= 0.6 is 0 Å². The first-order chi connectivity index (χ1) is 18.3. The van der Waals surface area contributed by atoms with Crippen molar-refractivity contribution >= 4 is 34.3 Å². The summed E-state index contributed by atoms with van der Waals surface area (Å²) in [5.41, 5.74) is 3.09. The van der Waals surface area contributed by atoms with E-state index in [2.05, 4.69) is 5.32 Å². The van der Waals surface area contributed by atoms with E-state index in [-0.39, 0.29) is 48.3 Å². The van der Waals surface area contributed by atoms with Gasteiger partial charge in [0.25, 0.3) is 5.56 Å². The molecule has 0 aliphatic carbocycles. The molecule has 0 fully saturated rings. The number of aliphatic hydroxyl groups is 1. The van der Waals surface area contributed by atoms with E-state index in [1.54, 1.807) is 22.5 Å². The van der Waals surface area contributed by atoms with Crippen molar-refractivity contribution in [1.82, 2.24) is 9.55 Å². The smallest absolute Gasteiger partial charge is 0.343 e. The minimum Gasteiger partial charge on any atom is -0.458 e. The van der Waals surface area contributed by atoms with Gasteiger partial charge in [0, 0.05) is 16.5 Å². The molecule has 9 heteroatoms. The van der Waals surface area contributed by atoms with E-state index in [4.69, 9.17) is 9.72 Å². The third-order valence-electron chi connectivity index (χ3n) is 8.06. The molecule has 3 aliphatic rings. The van der Waals surface area contributed by atoms with Crippen molar-refractivity contribution in [2.45, 2.75) is 45.1 Å². The maximum atomic E-state index is 13.7. The summed E-state index contributed by atoms with van der Waals surface area (Å²) in [5.74, 6) is -0.763. The average molecular weight is 509 g/mol. The summed E-state index contributed by atoms with van der Waals surface area (Å²) < 4.78 is 6.79. The van der Waals surface area contributed by atoms with Crippen molar-refractivity contribution in [2.75, 3.05) is 10.2 Å². The highest BCUT2D eigenvalue weighted by molar-refractivity contribution is 6.20. The van der Waals surface area contributed by atoms with E-state index >= 15 is 0 Å². The molecule has 5 heterocycles. The zero-order valence-electron chi connectivity index (χ0n) is 20.8. The van der Waals surface area contributed by atoms with Crippen molar-refractivity contribution < 1.29 is 19.4 Å². The Morgan fingerprint density at radius 3 is 2.66 bits per heavy atom. The summed E-state index contributed by atoms with van der Waals surface area (Å²) in [7, 11) is 0. The van der Waals surface area contributed by atoms with Gasteiger partial charge in [0.15, 0.2) is 5.60 Å². The highest BCUT2D eigenvalue weighted by Crippen LogP contribution is 2.48. The fraction of sp³-hybridized carbons (Fsp3) is 0.241. The number of fused-ring (bicyclic) bond motifs is 5. The number of rotatable bonds is 3. The van der Waals surface area contributed by atoms with Crippen LogP contribution in [0, 0.1) is 0 Å². The molecule has 2 aromatic carbocycles. The van der Waals surface area contributed by atoms with E-state index in [1.807, 2.05) is 55.5 Å². The number of anilines is 2. The number of carbonyl (C=O) groups is 2. The van der Waals surface area contributed by atoms with Crippen LogP contribution in [0.3, 0.4) is 0 Å². The predicted octanol–water partition coefficient (Wildman–Crippen LogP) is 4.19. The molecule has 38 heavy (non-hydrogen) atoms. The van der Waals surface area contributed by atoms with Crippen LogP contribution in [0.4, 0.5) is 16.2 Å². The Balaban J connectivity index is 1.52. The third kappa shape index (κ3) is 2.84. The zero-order valence-corrected chi connectivity index (χ0v) is 20.8. The molecule has 0 radical (unpaired) electrons. The van der Waals surface area contributed by atoms with Crippen molar-refractivity contribution in [3.63, 3.8) is 0 Å². The third-order valence-corrected chi connectivity index (χ3v) is 8.06. The van der Waals surface area contributed by atoms with Gasteiger partial charge in [0.05, 0.1) is 46.4 Å². The molecule has 0 bridgehead atoms. The van der Waals surface area contributed by atoms with E-state index < -0.39 is 11.6 Å². The number of hydrogen-bond donors (Lipinski definition) is 2. The fourth-order valence-corrected chi connectivity index (χ4v) is 6.00. The largest absolute Gasteiger partial charge is 0.458 e. The normalized spacial score (nSPS) is 19.9. The van der Waals surface area contributed by atoms with Gasteiger partial charge in [0.2, 0.25) is 0 Å². The Hall–Kier alpha value is -4.50. The van der Waals surface area contributed by atoms with Gasteiger partial charge in [-0.1, -0.05) is 43.3 Å². The Morgan fingerprint density at radius 1 is 1.11 bits per heavy atom. The predicted molar refractivity (Wildman–Crippen MR) is 141 cm³/mol. The summed E-state index contributed by atoms with van der Waals surface area (Å²) in [6, 6.07) is 16.4. The second-order valence-electron chi connectivity index (χ2n) is 9.98. The van der Waals surface area contributed by atoms with E-state index in [0.717, 1.165) is 16.5 Å². The summed E-state index contributed by atoms with van der Waals surface area (Å²) >= 11 is 0. The van der Waals surface area contributed by atoms with Gasteiger partial charge in [-0.2, -0.15) is 0 Å². The van der Waals surface area contributed by atoms with Crippen LogP contribution in [0.1, 0.15) is 48.6 Å². The SMILES string of the molecule is CCC1(O)C(=O)OCc2c1cc1n(c2=O)Cc2c-1nc1cccc3c1c2N(C(C)c1ccccc1)C(=O)N3. The average Bonchev–Trinajstić information content (AvgIpc) is 3.30. The lowest BCUT2D eigenvalue weighted by Gasteiger charge is -2.36. The van der Waals surface area contributed by atoms with Crippen molar-refractivity contribution in [3.05, 3.63) is 87.2 Å². The van der Waals surface area contributed by atoms with Crippen LogP contribution in [-0.4, -0.2) is 26.7 Å². The maximum absolute atomic E-state index is 13.7. The molecule has 2 amide bonds. The number of cyclic esters (lactones) is 1. The number of ether oxygens (including phenoxy) is 1. The molecular formula is C29H24N4O5. The highest BCUT2D eigenvalue weighted by atomic mass is 16.6. The monoisotopic (exact) mass is 508 g/mol. The first-order valence-corrected chi connectivity index (χ1v) is 12.6. The van der Waals surface area contributed by atoms with Crippen LogP contribution in [0.5, 0.6) is 0 Å². The zero-order chi connectivity index (χ0) is 26.3. The number of benzene rings is 2. The summed E-state index contributed by atoms with van der Waals surface area (Å²) in [6.45, 7) is 3.65. The highest BCUT2D eigenvalue weighted by Gasteiger charge is 2.46. The first-order valence-electron chi connectivity index (χ1n) is 12.6. The Bertz CT molecular complexity index is 1760. The van der Waals surface area contributed by atoms with Crippen LogP contribution in [0.15, 0.2) is 59.4 Å². The van der Waals surface area contributed by atoms with Crippen LogP contribution < -0.4 is 15.8 Å². The molecule has 2 atom stereocenters. The topological polar surface area (TPSA) is 114 Å². The number of aromatic nitrogens is 2. The number of esters is 1. The fourth-order valence-electron chi connectivity index (χ4n) is 6.00. The van der Waals surface area contributed by atoms with E-state index in [9.17, 15) is 19.5 Å². The number of hydrogen-bond acceptors (Lipinski definition) is 6. The number of amides is 2. The standard InChI is InChI=1S/C29H24N4O5/c1-3-29(37)19-12-22-24-17(13-32(22)26(34)18(19)14-38-27(29)35)25-23-20(30-24)10-7-11-21(23)31-28(36)33(25)15(2)16-8-5-4-6-9-16/h4-12,15,37H,3,13-14H2,1-2H3,(H,31,36). The van der Waals surface area contributed by atoms with Gasteiger partial charge < -0.3 is 19.7 Å². The van der Waals surface area contributed by atoms with Crippen LogP contribution in [-0.2, 0) is 28.3 Å². The van der Waals surface area contributed by atoms with Gasteiger partial charge in [0.1, 0.15) is 6.61 Å². The molecule has 2 aromatic heterocycles. The lowest BCUT2D eigenvalue weighted by atomic mass is 9.86. The first kappa shape index (κ1) is 22.7. The van der Waals surface area contributed by atoms with Crippen LogP contribution in [0.2, 0.25) is 0 Å². The van der Waals surface area contributed by atoms with Gasteiger partial charge >= 0.3 is 12.0 Å². The second kappa shape index (κ2) is 7.75. The summed E-state index contributed by atoms with van der Waals surface area (Å²) in [5, 5.41) is 15.0. The summed E-state index contributed by atoms with van der Waals surface area (Å²) in [6.07, 6.45) is 0.0664. The Labute approximate surface area is 217 Å². The number of nitrogens with zero attached hydrogens (tertiary/aromatic N) is 3. The minimum atomic E-state index is -1.91. The molecule has 2 N–H and O–H groups in total. The van der Waals surface area contributed by atoms with Crippen molar-refractivity contribution in [3.8, 4) is 11.4 Å². The van der Waals surface area contributed by atoms with Gasteiger partial charge in [-0.05, 0) is 37.1 Å². The second-order valence-corrected chi connectivity index (χ2v) is 9.98. The minimum absolute atomic E-state index is 0.0664. The molecule has 0 spiro atoms. The Morgan fingerprint density at radius 2 is 1.89 bits per heavy atom. The van der Waals surface area contributed by atoms with Crippen LogP contribution in [0.25, 0.3) is 22.3 Å². The molecule has 4 aromatic rings. The quantitative estimate of drug-likeness (QED) is 0.353. The number of pyridine rings is 2. The molecule has 190 valence electrons. The molecule has 2 unspecified atom stereocenters. The molecular weight excluding hydrogens is 484 g/mol. The van der Waals surface area contributed by atoms with Crippen molar-refractivity contribution in [1.29, 1.82) is 0 Å². The molecule has 7 rings (SSSR count). The van der Waals surface area contributed by atoms with E-state index in [1.165, 1.54) is 0 Å². The lowest BCUT2D eigenvalue weighted by molar-refractivity contribution is -0.172. The molecule has 9 nitrogen and oxygen atoms in total. The number of urea groups is 1. The van der Waals surface area contributed by atoms with Gasteiger partial charge in [-0.3, -0.25) is 9.69 Å².